The second-order valence-corrected chi connectivity index (χ2v) is 21.4. The number of esters is 1. The highest BCUT2D eigenvalue weighted by atomic mass is 16.7. The van der Waals surface area contributed by atoms with Gasteiger partial charge >= 0.3 is 5.97 Å². The summed E-state index contributed by atoms with van der Waals surface area (Å²) in [5, 5.41) is 57.0. The molecule has 8 atom stereocenters. The number of amides is 1. The molecule has 1 aliphatic rings. The van der Waals surface area contributed by atoms with E-state index in [0.717, 1.165) is 103 Å². The highest BCUT2D eigenvalue weighted by Gasteiger charge is 2.47. The van der Waals surface area contributed by atoms with Gasteiger partial charge in [-0.05, 0) is 103 Å². The van der Waals surface area contributed by atoms with Gasteiger partial charge in [-0.15, -0.1) is 0 Å². The average Bonchev–Trinajstić information content (AvgIpc) is 3.43. The number of aliphatic hydroxyl groups excluding tert-OH is 5. The van der Waals surface area contributed by atoms with Gasteiger partial charge in [-0.25, -0.2) is 0 Å². The Hall–Kier alpha value is -3.16. The van der Waals surface area contributed by atoms with Crippen molar-refractivity contribution in [2.45, 2.75) is 307 Å². The summed E-state index contributed by atoms with van der Waals surface area (Å²) in [4.78, 5) is 26.5. The van der Waals surface area contributed by atoms with Crippen molar-refractivity contribution < 1.29 is 49.3 Å². The monoisotopic (exact) mass is 1080 g/mol. The minimum atomic E-state index is -1.63. The van der Waals surface area contributed by atoms with Gasteiger partial charge in [0.1, 0.15) is 24.4 Å². The fourth-order valence-corrected chi connectivity index (χ4v) is 9.25. The Morgan fingerprint density at radius 3 is 1.36 bits per heavy atom. The van der Waals surface area contributed by atoms with Crippen LogP contribution in [-0.4, -0.2) is 99.6 Å². The number of unbranched alkanes of at least 4 members (excludes halogenated alkanes) is 26. The minimum absolute atomic E-state index is 0.0818. The van der Waals surface area contributed by atoms with E-state index in [9.17, 15) is 35.1 Å². The lowest BCUT2D eigenvalue weighted by molar-refractivity contribution is -0.305. The zero-order chi connectivity index (χ0) is 56.1. The summed E-state index contributed by atoms with van der Waals surface area (Å²) in [6.45, 7) is 5.71. The van der Waals surface area contributed by atoms with Gasteiger partial charge in [0.2, 0.25) is 5.91 Å². The predicted molar refractivity (Wildman–Crippen MR) is 319 cm³/mol. The summed E-state index contributed by atoms with van der Waals surface area (Å²) < 4.78 is 17.6. The summed E-state index contributed by atoms with van der Waals surface area (Å²) in [6, 6.07) is -1.04. The SMILES string of the molecule is CCCCC/C=C\C/C=C\C/C=C\C/C=C\CCCCCC(=O)OC1C(OCC(NC(=O)C(O)CCCCCCCC/C=C\C/C=C\CCCCC)C(O)/C=C/CCCCCCCCCCCCC)OC(CO)C(O)C1O. The van der Waals surface area contributed by atoms with Crippen LogP contribution in [0.3, 0.4) is 0 Å². The average molecular weight is 1080 g/mol. The van der Waals surface area contributed by atoms with Crippen molar-refractivity contribution in [1.82, 2.24) is 5.32 Å². The zero-order valence-electron chi connectivity index (χ0n) is 49.1. The second-order valence-electron chi connectivity index (χ2n) is 21.4. The van der Waals surface area contributed by atoms with Crippen LogP contribution >= 0.6 is 0 Å². The highest BCUT2D eigenvalue weighted by Crippen LogP contribution is 2.26. The molecule has 0 radical (unpaired) electrons. The summed E-state index contributed by atoms with van der Waals surface area (Å²) >= 11 is 0. The highest BCUT2D eigenvalue weighted by molar-refractivity contribution is 5.80. The Balaban J connectivity index is 2.73. The first-order valence-corrected chi connectivity index (χ1v) is 31.4. The fraction of sp³-hybridized carbons (Fsp3) is 0.758. The van der Waals surface area contributed by atoms with Gasteiger partial charge in [0.05, 0.1) is 25.4 Å². The van der Waals surface area contributed by atoms with Crippen LogP contribution in [0.2, 0.25) is 0 Å². The third-order valence-corrected chi connectivity index (χ3v) is 14.3. The molecule has 0 bridgehead atoms. The summed E-state index contributed by atoms with van der Waals surface area (Å²) in [5.74, 6) is -1.24. The molecule has 1 fully saturated rings. The Labute approximate surface area is 470 Å². The molecule has 1 saturated heterocycles. The number of allylic oxidation sites excluding steroid dienone is 13. The maximum atomic E-state index is 13.4. The Morgan fingerprint density at radius 2 is 0.896 bits per heavy atom. The maximum absolute atomic E-state index is 13.4. The van der Waals surface area contributed by atoms with Crippen molar-refractivity contribution in [1.29, 1.82) is 0 Å². The van der Waals surface area contributed by atoms with Crippen LogP contribution < -0.4 is 5.32 Å². The number of hydrogen-bond acceptors (Lipinski definition) is 10. The zero-order valence-corrected chi connectivity index (χ0v) is 49.1. The molecule has 0 aromatic heterocycles. The van der Waals surface area contributed by atoms with Crippen LogP contribution in [-0.2, 0) is 23.8 Å². The normalized spacial score (nSPS) is 19.6. The van der Waals surface area contributed by atoms with Crippen LogP contribution in [0.25, 0.3) is 0 Å². The van der Waals surface area contributed by atoms with E-state index in [0.29, 0.717) is 12.8 Å². The fourth-order valence-electron chi connectivity index (χ4n) is 9.25. The minimum Gasteiger partial charge on any atom is -0.454 e. The quantitative estimate of drug-likeness (QED) is 0.0195. The molecular formula is C66H115NO10. The van der Waals surface area contributed by atoms with Gasteiger partial charge in [-0.1, -0.05) is 234 Å². The summed E-state index contributed by atoms with van der Waals surface area (Å²) in [7, 11) is 0. The van der Waals surface area contributed by atoms with Gasteiger partial charge in [-0.2, -0.15) is 0 Å². The van der Waals surface area contributed by atoms with Crippen molar-refractivity contribution in [2.24, 2.45) is 0 Å². The van der Waals surface area contributed by atoms with Gasteiger partial charge in [0.15, 0.2) is 12.4 Å². The van der Waals surface area contributed by atoms with Gasteiger partial charge in [-0.3, -0.25) is 9.59 Å². The lowest BCUT2D eigenvalue weighted by Crippen LogP contribution is -2.61. The molecule has 77 heavy (non-hydrogen) atoms. The molecule has 0 aromatic carbocycles. The molecule has 1 amide bonds. The van der Waals surface area contributed by atoms with Crippen LogP contribution in [0.15, 0.2) is 85.1 Å². The standard InChI is InChI=1S/C66H115NO10/c1-4-7-10-13-16-19-22-25-27-29-30-31-33-36-39-42-45-48-51-54-61(71)77-64-63(73)62(72)60(55-68)76-66(64)75-56-57(58(69)52-49-46-43-40-37-34-24-21-18-15-12-9-6-3)67-65(74)59(70)53-50-47-44-41-38-35-32-28-26-23-20-17-14-11-8-5-2/h16-17,19-20,25-28,30-31,36,39,49,52,57-60,62-64,66,68-70,72-73H,4-15,18,21-24,29,32-35,37-38,40-48,50-51,53-56H2,1-3H3,(H,67,74)/b19-16-,20-17-,27-25-,28-26-,31-30-,39-36-,52-49+. The van der Waals surface area contributed by atoms with Gasteiger partial charge in [0.25, 0.3) is 0 Å². The van der Waals surface area contributed by atoms with Crippen LogP contribution in [0, 0.1) is 0 Å². The van der Waals surface area contributed by atoms with E-state index >= 15 is 0 Å². The lowest BCUT2D eigenvalue weighted by atomic mass is 9.99. The van der Waals surface area contributed by atoms with Crippen molar-refractivity contribution in [2.75, 3.05) is 13.2 Å². The molecule has 11 nitrogen and oxygen atoms in total. The van der Waals surface area contributed by atoms with E-state index in [4.69, 9.17) is 14.2 Å². The van der Waals surface area contributed by atoms with Crippen LogP contribution in [0.4, 0.5) is 0 Å². The third kappa shape index (κ3) is 41.5. The summed E-state index contributed by atoms with van der Waals surface area (Å²) in [5.41, 5.74) is 0. The third-order valence-electron chi connectivity index (χ3n) is 14.3. The van der Waals surface area contributed by atoms with Crippen LogP contribution in [0.1, 0.15) is 258 Å². The van der Waals surface area contributed by atoms with Crippen molar-refractivity contribution >= 4 is 11.9 Å². The lowest BCUT2D eigenvalue weighted by Gasteiger charge is -2.41. The molecule has 0 spiro atoms. The van der Waals surface area contributed by atoms with Crippen molar-refractivity contribution in [3.63, 3.8) is 0 Å². The van der Waals surface area contributed by atoms with E-state index in [1.54, 1.807) is 6.08 Å². The number of carbonyl (C=O) groups excluding carboxylic acids is 2. The van der Waals surface area contributed by atoms with Crippen molar-refractivity contribution in [3.05, 3.63) is 85.1 Å². The van der Waals surface area contributed by atoms with Crippen molar-refractivity contribution in [3.8, 4) is 0 Å². The maximum Gasteiger partial charge on any atom is 0.306 e. The Bertz CT molecular complexity index is 1570. The number of aliphatic hydroxyl groups is 5. The molecule has 1 heterocycles. The number of rotatable bonds is 52. The van der Waals surface area contributed by atoms with Gasteiger partial charge in [0, 0.05) is 6.42 Å². The number of carbonyl (C=O) groups is 2. The van der Waals surface area contributed by atoms with E-state index in [-0.39, 0.29) is 19.4 Å². The van der Waals surface area contributed by atoms with E-state index in [1.165, 1.54) is 109 Å². The first-order valence-electron chi connectivity index (χ1n) is 31.4. The van der Waals surface area contributed by atoms with E-state index < -0.39 is 67.4 Å². The molecule has 1 rings (SSSR count). The molecule has 0 saturated carbocycles. The molecule has 444 valence electrons. The molecule has 11 heteroatoms. The first-order chi connectivity index (χ1) is 37.7. The summed E-state index contributed by atoms with van der Waals surface area (Å²) in [6.07, 6.45) is 58.9. The topological polar surface area (TPSA) is 175 Å². The largest absolute Gasteiger partial charge is 0.454 e. The smallest absolute Gasteiger partial charge is 0.306 e. The molecule has 0 aromatic rings. The van der Waals surface area contributed by atoms with E-state index in [2.05, 4.69) is 99.0 Å². The van der Waals surface area contributed by atoms with Gasteiger partial charge < -0.3 is 45.1 Å². The second kappa shape index (κ2) is 53.5. The Morgan fingerprint density at radius 1 is 0.506 bits per heavy atom. The Kier molecular flexibility index (Phi) is 49.9. The predicted octanol–water partition coefficient (Wildman–Crippen LogP) is 14.9. The first kappa shape index (κ1) is 71.9. The van der Waals surface area contributed by atoms with E-state index in [1.807, 2.05) is 6.08 Å². The van der Waals surface area contributed by atoms with Crippen LogP contribution in [0.5, 0.6) is 0 Å². The molecule has 6 N–H and O–H groups in total. The number of nitrogens with one attached hydrogen (secondary N) is 1. The molecule has 1 aliphatic heterocycles. The number of ether oxygens (including phenoxy) is 3. The molecular weight excluding hydrogens is 967 g/mol. The number of hydrogen-bond donors (Lipinski definition) is 6. The molecule has 0 aliphatic carbocycles. The molecule has 8 unspecified atom stereocenters.